The summed E-state index contributed by atoms with van der Waals surface area (Å²) in [5, 5.41) is 3.44. The number of aromatic nitrogens is 2. The van der Waals surface area contributed by atoms with Crippen molar-refractivity contribution in [3.8, 4) is 11.5 Å². The molecule has 0 bridgehead atoms. The van der Waals surface area contributed by atoms with E-state index in [9.17, 15) is 9.59 Å². The van der Waals surface area contributed by atoms with Gasteiger partial charge in [-0.2, -0.15) is 0 Å². The van der Waals surface area contributed by atoms with Gasteiger partial charge in [0.25, 0.3) is 5.56 Å². The molecule has 0 saturated heterocycles. The van der Waals surface area contributed by atoms with E-state index in [1.54, 1.807) is 12.1 Å². The van der Waals surface area contributed by atoms with Crippen molar-refractivity contribution in [1.29, 1.82) is 0 Å². The van der Waals surface area contributed by atoms with Crippen LogP contribution < -0.4 is 20.3 Å². The monoisotopic (exact) mass is 389 g/mol. The fourth-order valence-corrected chi connectivity index (χ4v) is 3.12. The minimum Gasteiger partial charge on any atom is -0.493 e. The lowest BCUT2D eigenvalue weighted by atomic mass is 10.0. The van der Waals surface area contributed by atoms with Crippen LogP contribution in [0.25, 0.3) is 10.9 Å². The first-order chi connectivity index (χ1) is 13.3. The summed E-state index contributed by atoms with van der Waals surface area (Å²) in [5.41, 5.74) is 0.325. The minimum absolute atomic E-state index is 0.0589. The molecule has 0 aliphatic carbocycles. The molecule has 1 amide bonds. The van der Waals surface area contributed by atoms with E-state index in [0.717, 1.165) is 19.3 Å². The predicted octanol–water partition coefficient (Wildman–Crippen LogP) is 3.13. The van der Waals surface area contributed by atoms with Crippen molar-refractivity contribution in [2.45, 2.75) is 59.0 Å². The molecule has 0 saturated carbocycles. The highest BCUT2D eigenvalue weighted by Crippen LogP contribution is 2.29. The van der Waals surface area contributed by atoms with E-state index in [1.807, 2.05) is 6.92 Å². The van der Waals surface area contributed by atoms with E-state index in [4.69, 9.17) is 9.47 Å². The Kier molecular flexibility index (Phi) is 7.84. The second-order valence-corrected chi connectivity index (χ2v) is 7.51. The summed E-state index contributed by atoms with van der Waals surface area (Å²) >= 11 is 0. The van der Waals surface area contributed by atoms with Gasteiger partial charge in [-0.25, -0.2) is 4.98 Å². The van der Waals surface area contributed by atoms with E-state index in [2.05, 4.69) is 24.1 Å². The molecule has 7 heteroatoms. The maximum atomic E-state index is 12.7. The molecule has 1 aromatic heterocycles. The number of hydrogen-bond acceptors (Lipinski definition) is 5. The molecule has 28 heavy (non-hydrogen) atoms. The van der Waals surface area contributed by atoms with Crippen molar-refractivity contribution in [3.05, 3.63) is 28.8 Å². The fraction of sp³-hybridized carbons (Fsp3) is 0.571. The lowest BCUT2D eigenvalue weighted by molar-refractivity contribution is -0.121. The highest BCUT2D eigenvalue weighted by atomic mass is 16.5. The number of aryl methyl sites for hydroxylation is 1. The number of carbonyl (C=O) groups is 1. The van der Waals surface area contributed by atoms with Crippen LogP contribution in [0.1, 0.15) is 46.5 Å². The summed E-state index contributed by atoms with van der Waals surface area (Å²) in [4.78, 5) is 29.2. The molecule has 154 valence electrons. The Hall–Kier alpha value is -2.57. The second kappa shape index (κ2) is 10.1. The molecule has 0 radical (unpaired) electrons. The van der Waals surface area contributed by atoms with Crippen molar-refractivity contribution in [2.75, 3.05) is 14.2 Å². The smallest absolute Gasteiger partial charge is 0.261 e. The summed E-state index contributed by atoms with van der Waals surface area (Å²) in [5.74, 6) is 1.61. The first-order valence-electron chi connectivity index (χ1n) is 9.76. The average Bonchev–Trinajstić information content (AvgIpc) is 2.66. The number of rotatable bonds is 10. The van der Waals surface area contributed by atoms with Gasteiger partial charge in [0.1, 0.15) is 0 Å². The van der Waals surface area contributed by atoms with Crippen LogP contribution in [0.4, 0.5) is 0 Å². The van der Waals surface area contributed by atoms with E-state index < -0.39 is 0 Å². The number of ether oxygens (including phenoxy) is 2. The van der Waals surface area contributed by atoms with Crippen LogP contribution in [0, 0.1) is 5.92 Å². The fourth-order valence-electron chi connectivity index (χ4n) is 3.12. The van der Waals surface area contributed by atoms with Gasteiger partial charge in [-0.1, -0.05) is 26.7 Å². The molecule has 7 nitrogen and oxygen atoms in total. The molecule has 0 fully saturated rings. The lowest BCUT2D eigenvalue weighted by Crippen LogP contribution is -2.34. The topological polar surface area (TPSA) is 82.5 Å². The van der Waals surface area contributed by atoms with Crippen molar-refractivity contribution in [1.82, 2.24) is 14.9 Å². The Bertz CT molecular complexity index is 861. The quantitative estimate of drug-likeness (QED) is 0.675. The van der Waals surface area contributed by atoms with Gasteiger partial charge in [-0.05, 0) is 25.3 Å². The van der Waals surface area contributed by atoms with Gasteiger partial charge in [0.05, 0.1) is 31.4 Å². The highest BCUT2D eigenvalue weighted by Gasteiger charge is 2.12. The zero-order chi connectivity index (χ0) is 20.7. The van der Waals surface area contributed by atoms with Gasteiger partial charge in [-0.3, -0.25) is 14.2 Å². The molecule has 1 atom stereocenters. The lowest BCUT2D eigenvalue weighted by Gasteiger charge is -2.15. The molecule has 1 aromatic carbocycles. The molecule has 0 aliphatic rings. The zero-order valence-electron chi connectivity index (χ0n) is 17.4. The minimum atomic E-state index is -0.205. The van der Waals surface area contributed by atoms with Crippen LogP contribution in [0.2, 0.25) is 0 Å². The first kappa shape index (κ1) is 21.7. The van der Waals surface area contributed by atoms with Gasteiger partial charge in [0, 0.05) is 25.1 Å². The number of nitrogens with zero attached hydrogens (tertiary/aromatic N) is 2. The Balaban J connectivity index is 2.01. The van der Waals surface area contributed by atoms with Crippen molar-refractivity contribution in [2.24, 2.45) is 5.92 Å². The normalized spacial score (nSPS) is 12.2. The maximum absolute atomic E-state index is 12.7. The van der Waals surface area contributed by atoms with Crippen LogP contribution in [0.3, 0.4) is 0 Å². The maximum Gasteiger partial charge on any atom is 0.261 e. The zero-order valence-corrected chi connectivity index (χ0v) is 17.4. The molecule has 2 rings (SSSR count). The number of methoxy groups -OCH3 is 2. The predicted molar refractivity (Wildman–Crippen MR) is 110 cm³/mol. The summed E-state index contributed by atoms with van der Waals surface area (Å²) in [6.45, 7) is 6.69. The number of fused-ring (bicyclic) bond motifs is 1. The van der Waals surface area contributed by atoms with Gasteiger partial charge in [0.2, 0.25) is 5.91 Å². The van der Waals surface area contributed by atoms with E-state index >= 15 is 0 Å². The molecular weight excluding hydrogens is 358 g/mol. The van der Waals surface area contributed by atoms with Crippen LogP contribution in [0.15, 0.2) is 23.3 Å². The number of amides is 1. The average molecular weight is 389 g/mol. The Morgan fingerprint density at radius 2 is 1.82 bits per heavy atom. The molecule has 0 aliphatic heterocycles. The Morgan fingerprint density at radius 3 is 2.46 bits per heavy atom. The van der Waals surface area contributed by atoms with Crippen LogP contribution >= 0.6 is 0 Å². The van der Waals surface area contributed by atoms with Crippen molar-refractivity contribution in [3.63, 3.8) is 0 Å². The Morgan fingerprint density at radius 1 is 1.14 bits per heavy atom. The first-order valence-corrected chi connectivity index (χ1v) is 9.76. The van der Waals surface area contributed by atoms with Gasteiger partial charge < -0.3 is 14.8 Å². The summed E-state index contributed by atoms with van der Waals surface area (Å²) < 4.78 is 12.0. The number of benzene rings is 1. The number of nitrogens with one attached hydrogen (secondary N) is 1. The van der Waals surface area contributed by atoms with Crippen LogP contribution in [-0.4, -0.2) is 35.7 Å². The van der Waals surface area contributed by atoms with Crippen LogP contribution in [-0.2, 0) is 11.3 Å². The molecule has 1 N–H and O–H groups in total. The summed E-state index contributed by atoms with van der Waals surface area (Å²) in [6, 6.07) is 3.43. The van der Waals surface area contributed by atoms with Gasteiger partial charge in [-0.15, -0.1) is 0 Å². The molecule has 0 spiro atoms. The van der Waals surface area contributed by atoms with Crippen LogP contribution in [0.5, 0.6) is 11.5 Å². The van der Waals surface area contributed by atoms with E-state index in [-0.39, 0.29) is 30.5 Å². The molecule has 0 unspecified atom stereocenters. The molecule has 2 aromatic rings. The third-order valence-corrected chi connectivity index (χ3v) is 4.74. The third kappa shape index (κ3) is 5.71. The number of carbonyl (C=O) groups excluding carboxylic acids is 1. The molecular formula is C21H31N3O4. The number of hydrogen-bond donors (Lipinski definition) is 1. The van der Waals surface area contributed by atoms with Crippen molar-refractivity contribution < 1.29 is 14.3 Å². The van der Waals surface area contributed by atoms with Gasteiger partial charge in [0.15, 0.2) is 11.5 Å². The standard InChI is InChI=1S/C21H31N3O4/c1-14(2)7-6-8-15(3)23-20(25)9-10-24-13-22-17-12-19(28-5)18(27-4)11-16(17)21(24)26/h11-15H,6-10H2,1-5H3,(H,23,25)/t15-/m1/s1. The second-order valence-electron chi connectivity index (χ2n) is 7.51. The van der Waals surface area contributed by atoms with Gasteiger partial charge >= 0.3 is 0 Å². The van der Waals surface area contributed by atoms with E-state index in [1.165, 1.54) is 25.1 Å². The summed E-state index contributed by atoms with van der Waals surface area (Å²) in [6.07, 6.45) is 4.92. The highest BCUT2D eigenvalue weighted by molar-refractivity contribution is 5.81. The van der Waals surface area contributed by atoms with Crippen molar-refractivity contribution >= 4 is 16.8 Å². The largest absolute Gasteiger partial charge is 0.493 e. The SMILES string of the molecule is COc1cc2ncn(CCC(=O)N[C@H](C)CCCC(C)C)c(=O)c2cc1OC. The summed E-state index contributed by atoms with van der Waals surface area (Å²) in [7, 11) is 3.05. The molecule has 1 heterocycles. The Labute approximate surface area is 166 Å². The third-order valence-electron chi connectivity index (χ3n) is 4.74. The van der Waals surface area contributed by atoms with E-state index in [0.29, 0.717) is 28.3 Å².